The number of aromatic nitrogens is 3. The average molecular weight is 392 g/mol. The second kappa shape index (κ2) is 7.76. The molecule has 0 aliphatic heterocycles. The maximum Gasteiger partial charge on any atom is 0.353 e. The molecule has 134 valence electrons. The van der Waals surface area contributed by atoms with Crippen LogP contribution < -0.4 is 16.1 Å². The number of hydrogen-bond donors (Lipinski definition) is 0. The first kappa shape index (κ1) is 18.2. The number of ether oxygens (including phenoxy) is 1. The van der Waals surface area contributed by atoms with Crippen molar-refractivity contribution in [1.29, 1.82) is 0 Å². The van der Waals surface area contributed by atoms with Crippen LogP contribution in [0.1, 0.15) is 11.1 Å². The van der Waals surface area contributed by atoms with Crippen molar-refractivity contribution in [2.75, 3.05) is 7.11 Å². The average Bonchev–Trinajstić information content (AvgIpc) is 2.64. The zero-order chi connectivity index (χ0) is 18.7. The molecule has 0 unspecified atom stereocenters. The summed E-state index contributed by atoms with van der Waals surface area (Å²) in [5.74, 6) is 0.726. The summed E-state index contributed by atoms with van der Waals surface area (Å²) in [5, 5.41) is 0.769. The number of nitrogens with zero attached hydrogens (tertiary/aromatic N) is 3. The molecule has 0 N–H and O–H groups in total. The minimum absolute atomic E-state index is 0.0605. The third-order valence-electron chi connectivity index (χ3n) is 3.85. The van der Waals surface area contributed by atoms with Crippen LogP contribution in [0.15, 0.2) is 58.4 Å². The fraction of sp³-hybridized carbons (Fsp3) is 0.167. The smallest absolute Gasteiger partial charge is 0.353 e. The summed E-state index contributed by atoms with van der Waals surface area (Å²) in [5.41, 5.74) is 0.496. The zero-order valence-corrected chi connectivity index (χ0v) is 15.4. The molecule has 1 aromatic heterocycles. The van der Waals surface area contributed by atoms with Gasteiger partial charge in [0.25, 0.3) is 0 Å². The quantitative estimate of drug-likeness (QED) is 0.670. The van der Waals surface area contributed by atoms with Crippen LogP contribution in [-0.4, -0.2) is 21.2 Å². The van der Waals surface area contributed by atoms with Gasteiger partial charge in [0.1, 0.15) is 12.1 Å². The lowest BCUT2D eigenvalue weighted by Crippen LogP contribution is -2.41. The highest BCUT2D eigenvalue weighted by Crippen LogP contribution is 2.22. The second-order valence-corrected chi connectivity index (χ2v) is 6.43. The predicted octanol–water partition coefficient (Wildman–Crippen LogP) is 2.82. The molecule has 0 atom stereocenters. The molecule has 0 aliphatic carbocycles. The van der Waals surface area contributed by atoms with Gasteiger partial charge in [0.15, 0.2) is 0 Å². The highest BCUT2D eigenvalue weighted by molar-refractivity contribution is 6.42. The van der Waals surface area contributed by atoms with Gasteiger partial charge < -0.3 is 4.74 Å². The molecule has 3 rings (SSSR count). The van der Waals surface area contributed by atoms with Gasteiger partial charge in [-0.1, -0.05) is 41.4 Å². The van der Waals surface area contributed by atoms with Crippen LogP contribution in [0.4, 0.5) is 0 Å². The van der Waals surface area contributed by atoms with E-state index >= 15 is 0 Å². The topological polar surface area (TPSA) is 66.1 Å². The van der Waals surface area contributed by atoms with Gasteiger partial charge in [-0.05, 0) is 35.4 Å². The van der Waals surface area contributed by atoms with E-state index in [1.807, 2.05) is 12.1 Å². The lowest BCUT2D eigenvalue weighted by Gasteiger charge is -2.10. The third-order valence-corrected chi connectivity index (χ3v) is 4.59. The fourth-order valence-electron chi connectivity index (χ4n) is 2.47. The van der Waals surface area contributed by atoms with Gasteiger partial charge >= 0.3 is 11.4 Å². The molecule has 0 spiro atoms. The van der Waals surface area contributed by atoms with E-state index in [0.717, 1.165) is 15.9 Å². The maximum atomic E-state index is 12.7. The lowest BCUT2D eigenvalue weighted by molar-refractivity contribution is 0.414. The van der Waals surface area contributed by atoms with Crippen molar-refractivity contribution in [2.45, 2.75) is 13.1 Å². The summed E-state index contributed by atoms with van der Waals surface area (Å²) in [4.78, 5) is 28.5. The second-order valence-electron chi connectivity index (χ2n) is 5.62. The van der Waals surface area contributed by atoms with E-state index < -0.39 is 11.4 Å². The number of halogens is 2. The molecule has 0 fully saturated rings. The van der Waals surface area contributed by atoms with E-state index in [9.17, 15) is 9.59 Å². The Balaban J connectivity index is 1.91. The zero-order valence-electron chi connectivity index (χ0n) is 13.9. The molecule has 3 aromatic rings. The van der Waals surface area contributed by atoms with E-state index in [1.165, 1.54) is 10.9 Å². The Hall–Kier alpha value is -2.57. The van der Waals surface area contributed by atoms with Crippen molar-refractivity contribution in [3.8, 4) is 5.75 Å². The molecule has 0 aliphatic rings. The minimum Gasteiger partial charge on any atom is -0.497 e. The molecular weight excluding hydrogens is 377 g/mol. The highest BCUT2D eigenvalue weighted by Gasteiger charge is 2.09. The van der Waals surface area contributed by atoms with Crippen molar-refractivity contribution in [3.63, 3.8) is 0 Å². The van der Waals surface area contributed by atoms with Crippen LogP contribution in [0, 0.1) is 0 Å². The first-order valence-corrected chi connectivity index (χ1v) is 8.46. The normalized spacial score (nSPS) is 10.7. The molecule has 0 bridgehead atoms. The van der Waals surface area contributed by atoms with Gasteiger partial charge in [-0.25, -0.2) is 14.2 Å². The number of methoxy groups -OCH3 is 1. The third kappa shape index (κ3) is 3.98. The number of hydrogen-bond acceptors (Lipinski definition) is 4. The summed E-state index contributed by atoms with van der Waals surface area (Å²) in [6, 6.07) is 12.3. The Morgan fingerprint density at radius 3 is 2.31 bits per heavy atom. The molecule has 1 heterocycles. The molecular formula is C18H15Cl2N3O3. The molecule has 8 heteroatoms. The fourth-order valence-corrected chi connectivity index (χ4v) is 2.79. The van der Waals surface area contributed by atoms with Crippen LogP contribution in [-0.2, 0) is 13.1 Å². The summed E-state index contributed by atoms with van der Waals surface area (Å²) < 4.78 is 7.55. The lowest BCUT2D eigenvalue weighted by atomic mass is 10.2. The Labute approximate surface area is 159 Å². The van der Waals surface area contributed by atoms with Crippen molar-refractivity contribution >= 4 is 23.2 Å². The van der Waals surface area contributed by atoms with Crippen molar-refractivity contribution in [3.05, 3.63) is 90.9 Å². The number of rotatable bonds is 5. The Morgan fingerprint density at radius 1 is 0.962 bits per heavy atom. The van der Waals surface area contributed by atoms with Gasteiger partial charge in [-0.15, -0.1) is 0 Å². The van der Waals surface area contributed by atoms with Crippen molar-refractivity contribution in [1.82, 2.24) is 14.1 Å². The Morgan fingerprint density at radius 2 is 1.65 bits per heavy atom. The molecule has 0 saturated heterocycles. The molecule has 26 heavy (non-hydrogen) atoms. The van der Waals surface area contributed by atoms with Crippen LogP contribution in [0.25, 0.3) is 0 Å². The van der Waals surface area contributed by atoms with Gasteiger partial charge in [0.05, 0.1) is 30.2 Å². The molecule has 6 nitrogen and oxygen atoms in total. The van der Waals surface area contributed by atoms with Gasteiger partial charge in [-0.3, -0.25) is 4.57 Å². The van der Waals surface area contributed by atoms with Crippen LogP contribution >= 0.6 is 23.2 Å². The van der Waals surface area contributed by atoms with Crippen molar-refractivity contribution < 1.29 is 4.74 Å². The van der Waals surface area contributed by atoms with Gasteiger partial charge in [-0.2, -0.15) is 4.98 Å². The SMILES string of the molecule is COc1ccc(Cn2cnc(=O)n(Cc3ccc(Cl)c(Cl)c3)c2=O)cc1. The van der Waals surface area contributed by atoms with E-state index in [1.54, 1.807) is 37.4 Å². The Kier molecular flexibility index (Phi) is 5.44. The van der Waals surface area contributed by atoms with Gasteiger partial charge in [0.2, 0.25) is 0 Å². The highest BCUT2D eigenvalue weighted by atomic mass is 35.5. The van der Waals surface area contributed by atoms with Crippen LogP contribution in [0.3, 0.4) is 0 Å². The summed E-state index contributed by atoms with van der Waals surface area (Å²) in [6.07, 6.45) is 1.25. The largest absolute Gasteiger partial charge is 0.497 e. The molecule has 0 radical (unpaired) electrons. The monoisotopic (exact) mass is 391 g/mol. The standard InChI is InChI=1S/C18H15Cl2N3O3/c1-26-14-5-2-12(3-6-14)9-22-11-21-17(24)23(18(22)25)10-13-4-7-15(19)16(20)8-13/h2-8,11H,9-10H2,1H3. The molecule has 0 amide bonds. The maximum absolute atomic E-state index is 12.7. The molecule has 0 saturated carbocycles. The van der Waals surface area contributed by atoms with E-state index in [2.05, 4.69) is 4.98 Å². The minimum atomic E-state index is -0.618. The van der Waals surface area contributed by atoms with Gasteiger partial charge in [0, 0.05) is 0 Å². The van der Waals surface area contributed by atoms with Crippen LogP contribution in [0.2, 0.25) is 10.0 Å². The molecule has 2 aromatic carbocycles. The summed E-state index contributed by atoms with van der Waals surface area (Å²) >= 11 is 11.9. The Bertz CT molecular complexity index is 1040. The first-order valence-electron chi connectivity index (χ1n) is 7.71. The van der Waals surface area contributed by atoms with E-state index in [4.69, 9.17) is 27.9 Å². The predicted molar refractivity (Wildman–Crippen MR) is 100 cm³/mol. The summed E-state index contributed by atoms with van der Waals surface area (Å²) in [7, 11) is 1.59. The first-order chi connectivity index (χ1) is 12.5. The van der Waals surface area contributed by atoms with E-state index in [-0.39, 0.29) is 13.1 Å². The summed E-state index contributed by atoms with van der Waals surface area (Å²) in [6.45, 7) is 0.350. The van der Waals surface area contributed by atoms with Crippen molar-refractivity contribution in [2.24, 2.45) is 0 Å². The van der Waals surface area contributed by atoms with Crippen LogP contribution in [0.5, 0.6) is 5.75 Å². The van der Waals surface area contributed by atoms with E-state index in [0.29, 0.717) is 15.6 Å². The number of benzene rings is 2.